The lowest BCUT2D eigenvalue weighted by atomic mass is 9.95. The van der Waals surface area contributed by atoms with Gasteiger partial charge in [-0.15, -0.1) is 6.58 Å². The number of benzene rings is 1. The van der Waals surface area contributed by atoms with Crippen molar-refractivity contribution in [3.8, 4) is 11.1 Å². The Labute approximate surface area is 179 Å². The Balaban J connectivity index is 1.82. The van der Waals surface area contributed by atoms with Crippen molar-refractivity contribution in [3.05, 3.63) is 67.0 Å². The molecule has 5 nitrogen and oxygen atoms in total. The van der Waals surface area contributed by atoms with Crippen LogP contribution in [-0.2, 0) is 16.0 Å². The normalized spacial score (nSPS) is 17.2. The minimum absolute atomic E-state index is 0.0986. The van der Waals surface area contributed by atoms with Crippen LogP contribution in [0, 0.1) is 11.8 Å². The summed E-state index contributed by atoms with van der Waals surface area (Å²) in [6.45, 7) is 10.00. The third-order valence-corrected chi connectivity index (χ3v) is 5.43. The molecule has 2 aromatic rings. The molecule has 0 spiro atoms. The van der Waals surface area contributed by atoms with Crippen molar-refractivity contribution in [1.82, 2.24) is 14.8 Å². The number of nitrogens with zero attached hydrogens (tertiary/aromatic N) is 3. The molecule has 0 saturated carbocycles. The van der Waals surface area contributed by atoms with Gasteiger partial charge in [-0.05, 0) is 35.1 Å². The van der Waals surface area contributed by atoms with Crippen LogP contribution in [0.3, 0.4) is 0 Å². The largest absolute Gasteiger partial charge is 0.340 e. The summed E-state index contributed by atoms with van der Waals surface area (Å²) >= 11 is 0. The molecule has 1 fully saturated rings. The first-order valence-corrected chi connectivity index (χ1v) is 10.6. The Morgan fingerprint density at radius 2 is 2.03 bits per heavy atom. The highest BCUT2D eigenvalue weighted by atomic mass is 16.2. The molecule has 1 saturated heterocycles. The molecule has 2 amide bonds. The highest BCUT2D eigenvalue weighted by Crippen LogP contribution is 2.23. The van der Waals surface area contributed by atoms with Crippen molar-refractivity contribution in [2.45, 2.75) is 26.7 Å². The van der Waals surface area contributed by atoms with E-state index in [9.17, 15) is 9.59 Å². The average Bonchev–Trinajstić information content (AvgIpc) is 2.89. The Hall–Kier alpha value is -2.95. The molecule has 1 aliphatic heterocycles. The first-order chi connectivity index (χ1) is 14.5. The fourth-order valence-corrected chi connectivity index (χ4v) is 3.93. The first kappa shape index (κ1) is 21.8. The minimum atomic E-state index is -0.257. The lowest BCUT2D eigenvalue weighted by Gasteiger charge is -2.24. The number of carbonyl (C=O) groups is 2. The van der Waals surface area contributed by atoms with Gasteiger partial charge < -0.3 is 9.80 Å². The second-order valence-corrected chi connectivity index (χ2v) is 8.35. The molecule has 0 bridgehead atoms. The summed E-state index contributed by atoms with van der Waals surface area (Å²) in [5.74, 6) is 0.275. The molecular weight excluding hydrogens is 374 g/mol. The van der Waals surface area contributed by atoms with Gasteiger partial charge in [0.1, 0.15) is 0 Å². The second-order valence-electron chi connectivity index (χ2n) is 8.35. The quantitative estimate of drug-likeness (QED) is 0.658. The van der Waals surface area contributed by atoms with E-state index in [0.717, 1.165) is 16.7 Å². The molecule has 30 heavy (non-hydrogen) atoms. The highest BCUT2D eigenvalue weighted by molar-refractivity contribution is 5.82. The molecule has 0 aliphatic carbocycles. The van der Waals surface area contributed by atoms with Crippen LogP contribution in [0.4, 0.5) is 0 Å². The molecule has 1 aliphatic rings. The van der Waals surface area contributed by atoms with E-state index in [1.807, 2.05) is 48.0 Å². The van der Waals surface area contributed by atoms with Crippen molar-refractivity contribution in [2.24, 2.45) is 11.8 Å². The monoisotopic (exact) mass is 405 g/mol. The van der Waals surface area contributed by atoms with Crippen LogP contribution in [-0.4, -0.2) is 52.8 Å². The van der Waals surface area contributed by atoms with Gasteiger partial charge in [0.05, 0.1) is 5.92 Å². The maximum atomic E-state index is 13.2. The highest BCUT2D eigenvalue weighted by Gasteiger charge is 2.32. The fourth-order valence-electron chi connectivity index (χ4n) is 3.93. The number of hydrogen-bond acceptors (Lipinski definition) is 3. The number of hydrogen-bond donors (Lipinski definition) is 0. The van der Waals surface area contributed by atoms with Crippen molar-refractivity contribution >= 4 is 11.8 Å². The van der Waals surface area contributed by atoms with E-state index in [0.29, 0.717) is 44.9 Å². The number of carbonyl (C=O) groups excluding carboxylic acids is 2. The predicted molar refractivity (Wildman–Crippen MR) is 120 cm³/mol. The van der Waals surface area contributed by atoms with E-state index < -0.39 is 0 Å². The standard InChI is InChI=1S/C25H31N3O2/c1-4-11-27-12-13-28(24(29)14-19(2)3)18-23(25(27)30)16-20-7-5-8-21(15-20)22-9-6-10-26-17-22/h4-10,15,17,19,23H,1,11-14,16,18H2,2-3H3/t23-/m1/s1. The summed E-state index contributed by atoms with van der Waals surface area (Å²) in [4.78, 5) is 33.9. The van der Waals surface area contributed by atoms with Gasteiger partial charge in [0, 0.05) is 45.0 Å². The topological polar surface area (TPSA) is 53.5 Å². The molecule has 0 N–H and O–H groups in total. The Bertz CT molecular complexity index is 879. The van der Waals surface area contributed by atoms with Crippen LogP contribution in [0.1, 0.15) is 25.8 Å². The summed E-state index contributed by atoms with van der Waals surface area (Å²) in [5, 5.41) is 0. The predicted octanol–water partition coefficient (Wildman–Crippen LogP) is 3.81. The molecule has 1 atom stereocenters. The van der Waals surface area contributed by atoms with Gasteiger partial charge in [0.25, 0.3) is 0 Å². The summed E-state index contributed by atoms with van der Waals surface area (Å²) in [6, 6.07) is 12.2. The van der Waals surface area contributed by atoms with Crippen molar-refractivity contribution in [1.29, 1.82) is 0 Å². The lowest BCUT2D eigenvalue weighted by Crippen LogP contribution is -2.38. The zero-order valence-corrected chi connectivity index (χ0v) is 18.0. The Morgan fingerprint density at radius 1 is 1.23 bits per heavy atom. The third-order valence-electron chi connectivity index (χ3n) is 5.43. The van der Waals surface area contributed by atoms with Crippen molar-refractivity contribution in [2.75, 3.05) is 26.2 Å². The van der Waals surface area contributed by atoms with E-state index in [4.69, 9.17) is 0 Å². The van der Waals surface area contributed by atoms with Crippen LogP contribution in [0.5, 0.6) is 0 Å². The van der Waals surface area contributed by atoms with Crippen molar-refractivity contribution in [3.63, 3.8) is 0 Å². The van der Waals surface area contributed by atoms with Gasteiger partial charge in [-0.2, -0.15) is 0 Å². The van der Waals surface area contributed by atoms with E-state index in [2.05, 4.69) is 29.8 Å². The smallest absolute Gasteiger partial charge is 0.228 e. The third kappa shape index (κ3) is 5.56. The molecule has 1 aromatic heterocycles. The lowest BCUT2D eigenvalue weighted by molar-refractivity contribution is -0.134. The van der Waals surface area contributed by atoms with Gasteiger partial charge in [0.2, 0.25) is 11.8 Å². The summed E-state index contributed by atoms with van der Waals surface area (Å²) in [5.41, 5.74) is 3.22. The zero-order chi connectivity index (χ0) is 21.5. The zero-order valence-electron chi connectivity index (χ0n) is 18.0. The van der Waals surface area contributed by atoms with Gasteiger partial charge in [-0.25, -0.2) is 0 Å². The maximum absolute atomic E-state index is 13.2. The summed E-state index contributed by atoms with van der Waals surface area (Å²) in [6.07, 6.45) is 6.47. The number of rotatable bonds is 7. The number of aromatic nitrogens is 1. The fraction of sp³-hybridized carbons (Fsp3) is 0.400. The van der Waals surface area contributed by atoms with Crippen LogP contribution < -0.4 is 0 Å². The molecule has 158 valence electrons. The number of amides is 2. The maximum Gasteiger partial charge on any atom is 0.228 e. The van der Waals surface area contributed by atoms with Crippen LogP contribution in [0.25, 0.3) is 11.1 Å². The molecule has 1 aromatic carbocycles. The SMILES string of the molecule is C=CCN1CCN(C(=O)CC(C)C)C[C@@H](Cc2cccc(-c3cccnc3)c2)C1=O. The van der Waals surface area contributed by atoms with Crippen LogP contribution in [0.2, 0.25) is 0 Å². The van der Waals surface area contributed by atoms with Gasteiger partial charge in [-0.3, -0.25) is 14.6 Å². The minimum Gasteiger partial charge on any atom is -0.340 e. The van der Waals surface area contributed by atoms with Crippen LogP contribution >= 0.6 is 0 Å². The van der Waals surface area contributed by atoms with Gasteiger partial charge >= 0.3 is 0 Å². The summed E-state index contributed by atoms with van der Waals surface area (Å²) < 4.78 is 0. The Kier molecular flexibility index (Phi) is 7.39. The molecule has 0 unspecified atom stereocenters. The second kappa shape index (κ2) is 10.2. The van der Waals surface area contributed by atoms with Gasteiger partial charge in [-0.1, -0.05) is 50.3 Å². The molecule has 5 heteroatoms. The molecule has 0 radical (unpaired) electrons. The molecular formula is C25H31N3O2. The van der Waals surface area contributed by atoms with E-state index >= 15 is 0 Å². The van der Waals surface area contributed by atoms with E-state index in [1.165, 1.54) is 0 Å². The Morgan fingerprint density at radius 3 is 2.73 bits per heavy atom. The van der Waals surface area contributed by atoms with E-state index in [1.54, 1.807) is 12.3 Å². The molecule has 3 rings (SSSR count). The van der Waals surface area contributed by atoms with Crippen molar-refractivity contribution < 1.29 is 9.59 Å². The van der Waals surface area contributed by atoms with Crippen LogP contribution in [0.15, 0.2) is 61.4 Å². The summed E-state index contributed by atoms with van der Waals surface area (Å²) in [7, 11) is 0. The number of pyridine rings is 1. The van der Waals surface area contributed by atoms with E-state index in [-0.39, 0.29) is 17.7 Å². The van der Waals surface area contributed by atoms with Gasteiger partial charge in [0.15, 0.2) is 0 Å². The average molecular weight is 406 g/mol. The molecule has 2 heterocycles. The first-order valence-electron chi connectivity index (χ1n) is 10.6.